The number of phenolic OH excluding ortho intramolecular Hbond substituents is 1. The summed E-state index contributed by atoms with van der Waals surface area (Å²) in [6.07, 6.45) is 3.15. The lowest BCUT2D eigenvalue weighted by atomic mass is 9.94. The van der Waals surface area contributed by atoms with Gasteiger partial charge in [0.2, 0.25) is 5.91 Å². The van der Waals surface area contributed by atoms with Crippen LogP contribution in [0.15, 0.2) is 11.6 Å². The molecule has 1 aliphatic heterocycles. The van der Waals surface area contributed by atoms with Gasteiger partial charge in [0.15, 0.2) is 0 Å². The Morgan fingerprint density at radius 2 is 2.08 bits per heavy atom. The van der Waals surface area contributed by atoms with E-state index < -0.39 is 5.97 Å². The van der Waals surface area contributed by atoms with Crippen LogP contribution in [0.1, 0.15) is 46.8 Å². The molecule has 1 amide bonds. The zero-order valence-corrected chi connectivity index (χ0v) is 14.9. The number of hydroxylamine groups is 1. The molecule has 1 aromatic carbocycles. The Hall–Kier alpha value is -2.54. The molecule has 7 nitrogen and oxygen atoms in total. The van der Waals surface area contributed by atoms with E-state index in [2.05, 4.69) is 10.3 Å². The number of ether oxygens (including phenoxy) is 2. The number of phenols is 1. The van der Waals surface area contributed by atoms with E-state index in [1.165, 1.54) is 14.2 Å². The summed E-state index contributed by atoms with van der Waals surface area (Å²) in [6, 6.07) is 0. The molecule has 0 saturated heterocycles. The SMILES string of the molecule is CONC(=O)CC/C(C)=C/Cc1c(O)c2c(c(C)c1OC)COC2=O. The number of methoxy groups -OCH3 is 1. The summed E-state index contributed by atoms with van der Waals surface area (Å²) in [6.45, 7) is 3.89. The molecule has 0 aliphatic carbocycles. The smallest absolute Gasteiger partial charge is 0.342 e. The van der Waals surface area contributed by atoms with Crippen molar-refractivity contribution in [2.75, 3.05) is 14.2 Å². The molecule has 136 valence electrons. The van der Waals surface area contributed by atoms with Crippen molar-refractivity contribution in [1.29, 1.82) is 0 Å². The van der Waals surface area contributed by atoms with Crippen LogP contribution < -0.4 is 10.2 Å². The summed E-state index contributed by atoms with van der Waals surface area (Å²) in [5.74, 6) is -0.264. The number of allylic oxidation sites excluding steroid dienone is 2. The highest BCUT2D eigenvalue weighted by Gasteiger charge is 2.31. The lowest BCUT2D eigenvalue weighted by Crippen LogP contribution is -2.21. The lowest BCUT2D eigenvalue weighted by Gasteiger charge is -2.15. The standard InChI is InChI=1S/C18H23NO6/c1-10(6-8-14(20)19-24-4)5-7-12-16(21)15-13(9-25-18(15)22)11(2)17(12)23-3/h5,21H,6-9H2,1-4H3,(H,19,20)/b10-5+. The second kappa shape index (κ2) is 8.02. The van der Waals surface area contributed by atoms with Gasteiger partial charge in [-0.3, -0.25) is 9.63 Å². The lowest BCUT2D eigenvalue weighted by molar-refractivity contribution is -0.131. The summed E-state index contributed by atoms with van der Waals surface area (Å²) in [4.78, 5) is 27.8. The monoisotopic (exact) mass is 349 g/mol. The van der Waals surface area contributed by atoms with Crippen molar-refractivity contribution in [3.63, 3.8) is 0 Å². The second-order valence-corrected chi connectivity index (χ2v) is 5.90. The topological polar surface area (TPSA) is 94.1 Å². The fraction of sp³-hybridized carbons (Fsp3) is 0.444. The number of benzene rings is 1. The van der Waals surface area contributed by atoms with Gasteiger partial charge in [0.1, 0.15) is 23.7 Å². The van der Waals surface area contributed by atoms with Crippen LogP contribution in [-0.4, -0.2) is 31.2 Å². The van der Waals surface area contributed by atoms with Crippen molar-refractivity contribution in [2.45, 2.75) is 39.7 Å². The van der Waals surface area contributed by atoms with Crippen LogP contribution >= 0.6 is 0 Å². The number of hydrogen-bond donors (Lipinski definition) is 2. The Bertz CT molecular complexity index is 723. The van der Waals surface area contributed by atoms with Gasteiger partial charge in [0.25, 0.3) is 0 Å². The average Bonchev–Trinajstić information content (AvgIpc) is 2.97. The fourth-order valence-electron chi connectivity index (χ4n) is 2.88. The first-order valence-electron chi connectivity index (χ1n) is 7.96. The molecule has 0 aromatic heterocycles. The Kier molecular flexibility index (Phi) is 6.03. The van der Waals surface area contributed by atoms with Crippen LogP contribution in [0.4, 0.5) is 0 Å². The zero-order chi connectivity index (χ0) is 18.6. The molecular weight excluding hydrogens is 326 g/mol. The molecule has 1 aliphatic rings. The number of aromatic hydroxyl groups is 1. The maximum Gasteiger partial charge on any atom is 0.342 e. The molecule has 2 rings (SSSR count). The normalized spacial score (nSPS) is 13.4. The van der Waals surface area contributed by atoms with E-state index in [9.17, 15) is 14.7 Å². The number of esters is 1. The van der Waals surface area contributed by atoms with Crippen LogP contribution in [0.5, 0.6) is 11.5 Å². The molecule has 1 aromatic rings. The minimum absolute atomic E-state index is 0.0962. The summed E-state index contributed by atoms with van der Waals surface area (Å²) in [5, 5.41) is 10.5. The number of rotatable bonds is 7. The highest BCUT2D eigenvalue weighted by atomic mass is 16.6. The molecule has 1 heterocycles. The molecule has 0 fully saturated rings. The molecule has 0 radical (unpaired) electrons. The Balaban J connectivity index is 2.23. The highest BCUT2D eigenvalue weighted by molar-refractivity contribution is 5.98. The fourth-order valence-corrected chi connectivity index (χ4v) is 2.88. The Labute approximate surface area is 146 Å². The zero-order valence-electron chi connectivity index (χ0n) is 14.9. The van der Waals surface area contributed by atoms with Gasteiger partial charge in [-0.05, 0) is 32.3 Å². The van der Waals surface area contributed by atoms with Gasteiger partial charge in [0.05, 0.1) is 14.2 Å². The maximum absolute atomic E-state index is 11.9. The van der Waals surface area contributed by atoms with Gasteiger partial charge < -0.3 is 14.6 Å². The third-order valence-corrected chi connectivity index (χ3v) is 4.26. The predicted molar refractivity (Wildman–Crippen MR) is 90.4 cm³/mol. The summed E-state index contributed by atoms with van der Waals surface area (Å²) in [7, 11) is 2.91. The van der Waals surface area contributed by atoms with Gasteiger partial charge in [-0.15, -0.1) is 0 Å². The molecule has 25 heavy (non-hydrogen) atoms. The number of amides is 1. The van der Waals surface area contributed by atoms with Crippen molar-refractivity contribution < 1.29 is 29.0 Å². The number of hydrogen-bond acceptors (Lipinski definition) is 6. The van der Waals surface area contributed by atoms with Crippen LogP contribution in [0, 0.1) is 6.92 Å². The third kappa shape index (κ3) is 3.93. The van der Waals surface area contributed by atoms with Crippen molar-refractivity contribution >= 4 is 11.9 Å². The Morgan fingerprint density at radius 3 is 2.72 bits per heavy atom. The highest BCUT2D eigenvalue weighted by Crippen LogP contribution is 2.42. The van der Waals surface area contributed by atoms with Crippen LogP contribution in [0.3, 0.4) is 0 Å². The van der Waals surface area contributed by atoms with E-state index >= 15 is 0 Å². The first kappa shape index (κ1) is 18.8. The molecule has 0 spiro atoms. The number of fused-ring (bicyclic) bond motifs is 1. The molecule has 7 heteroatoms. The van der Waals surface area contributed by atoms with Crippen LogP contribution in [-0.2, 0) is 27.4 Å². The Morgan fingerprint density at radius 1 is 1.36 bits per heavy atom. The van der Waals surface area contributed by atoms with Crippen molar-refractivity contribution in [1.82, 2.24) is 5.48 Å². The largest absolute Gasteiger partial charge is 0.507 e. The minimum Gasteiger partial charge on any atom is -0.507 e. The third-order valence-electron chi connectivity index (χ3n) is 4.26. The van der Waals surface area contributed by atoms with Crippen LogP contribution in [0.25, 0.3) is 0 Å². The minimum atomic E-state index is -0.517. The first-order chi connectivity index (χ1) is 11.9. The van der Waals surface area contributed by atoms with E-state index in [0.29, 0.717) is 36.1 Å². The first-order valence-corrected chi connectivity index (χ1v) is 7.96. The summed E-state index contributed by atoms with van der Waals surface area (Å²) < 4.78 is 10.5. The van der Waals surface area contributed by atoms with Gasteiger partial charge in [0, 0.05) is 17.5 Å². The molecule has 0 atom stereocenters. The molecular formula is C18H23NO6. The number of carbonyl (C=O) groups excluding carboxylic acids is 2. The number of carbonyl (C=O) groups is 2. The van der Waals surface area contributed by atoms with E-state index in [1.807, 2.05) is 19.9 Å². The second-order valence-electron chi connectivity index (χ2n) is 5.90. The average molecular weight is 349 g/mol. The van der Waals surface area contributed by atoms with Gasteiger partial charge in [-0.2, -0.15) is 0 Å². The van der Waals surface area contributed by atoms with E-state index in [4.69, 9.17) is 9.47 Å². The molecule has 0 bridgehead atoms. The van der Waals surface area contributed by atoms with E-state index in [0.717, 1.165) is 11.1 Å². The van der Waals surface area contributed by atoms with Gasteiger partial charge >= 0.3 is 5.97 Å². The predicted octanol–water partition coefficient (Wildman–Crippen LogP) is 2.33. The summed E-state index contributed by atoms with van der Waals surface area (Å²) >= 11 is 0. The summed E-state index contributed by atoms with van der Waals surface area (Å²) in [5.41, 5.74) is 5.47. The molecule has 0 unspecified atom stereocenters. The van der Waals surface area contributed by atoms with Crippen molar-refractivity contribution in [3.05, 3.63) is 33.9 Å². The maximum atomic E-state index is 11.9. The van der Waals surface area contributed by atoms with Gasteiger partial charge in [-0.25, -0.2) is 10.3 Å². The van der Waals surface area contributed by atoms with Crippen LogP contribution in [0.2, 0.25) is 0 Å². The van der Waals surface area contributed by atoms with E-state index in [1.54, 1.807) is 0 Å². The van der Waals surface area contributed by atoms with Crippen molar-refractivity contribution in [3.8, 4) is 11.5 Å². The molecule has 2 N–H and O–H groups in total. The molecule has 0 saturated carbocycles. The number of cyclic esters (lactones) is 1. The van der Waals surface area contributed by atoms with E-state index in [-0.39, 0.29) is 23.8 Å². The van der Waals surface area contributed by atoms with Gasteiger partial charge in [-0.1, -0.05) is 11.6 Å². The van der Waals surface area contributed by atoms with Crippen molar-refractivity contribution in [2.24, 2.45) is 0 Å². The quantitative estimate of drug-likeness (QED) is 0.446. The number of nitrogens with one attached hydrogen (secondary N) is 1.